The van der Waals surface area contributed by atoms with Gasteiger partial charge in [-0.1, -0.05) is 6.07 Å². The molecule has 64 valence electrons. The number of anilines is 1. The smallest absolute Gasteiger partial charge is 0.337 e. The van der Waals surface area contributed by atoms with Crippen LogP contribution in [-0.2, 0) is 0 Å². The van der Waals surface area contributed by atoms with E-state index in [0.29, 0.717) is 0 Å². The van der Waals surface area contributed by atoms with Crippen molar-refractivity contribution in [3.63, 3.8) is 0 Å². The third-order valence-corrected chi connectivity index (χ3v) is 1.53. The van der Waals surface area contributed by atoms with E-state index in [4.69, 9.17) is 16.9 Å². The number of rotatable bonds is 2. The molecular formula is C7H5ClFNO2. The Kier molecular flexibility index (Phi) is 2.50. The van der Waals surface area contributed by atoms with Gasteiger partial charge < -0.3 is 5.11 Å². The van der Waals surface area contributed by atoms with Crippen molar-refractivity contribution in [3.8, 4) is 0 Å². The number of carboxylic acids is 1. The summed E-state index contributed by atoms with van der Waals surface area (Å²) in [5.74, 6) is -1.91. The lowest BCUT2D eigenvalue weighted by atomic mass is 10.2. The third kappa shape index (κ3) is 1.48. The molecule has 12 heavy (non-hydrogen) atoms. The van der Waals surface area contributed by atoms with E-state index < -0.39 is 11.8 Å². The first-order valence-electron chi connectivity index (χ1n) is 3.05. The molecule has 0 saturated carbocycles. The lowest BCUT2D eigenvalue weighted by molar-refractivity contribution is 0.0697. The topological polar surface area (TPSA) is 49.3 Å². The molecule has 0 unspecified atom stereocenters. The van der Waals surface area contributed by atoms with Crippen molar-refractivity contribution in [1.82, 2.24) is 0 Å². The van der Waals surface area contributed by atoms with Gasteiger partial charge in [-0.2, -0.15) is 0 Å². The molecule has 0 aliphatic rings. The van der Waals surface area contributed by atoms with Crippen molar-refractivity contribution in [1.29, 1.82) is 0 Å². The molecule has 0 bridgehead atoms. The van der Waals surface area contributed by atoms with Crippen molar-refractivity contribution in [2.75, 3.05) is 4.84 Å². The van der Waals surface area contributed by atoms with Gasteiger partial charge >= 0.3 is 5.97 Å². The van der Waals surface area contributed by atoms with E-state index >= 15 is 0 Å². The summed E-state index contributed by atoms with van der Waals surface area (Å²) in [4.78, 5) is 12.4. The van der Waals surface area contributed by atoms with Crippen LogP contribution in [0.2, 0.25) is 0 Å². The zero-order valence-corrected chi connectivity index (χ0v) is 6.60. The summed E-state index contributed by atoms with van der Waals surface area (Å²) in [5.41, 5.74) is -0.406. The highest BCUT2D eigenvalue weighted by atomic mass is 35.5. The summed E-state index contributed by atoms with van der Waals surface area (Å²) in [6.45, 7) is 0. The van der Waals surface area contributed by atoms with Gasteiger partial charge in [-0.25, -0.2) is 9.18 Å². The predicted molar refractivity (Wildman–Crippen MR) is 42.8 cm³/mol. The van der Waals surface area contributed by atoms with Crippen LogP contribution in [-0.4, -0.2) is 11.1 Å². The fourth-order valence-electron chi connectivity index (χ4n) is 0.798. The summed E-state index contributed by atoms with van der Waals surface area (Å²) in [6.07, 6.45) is 0. The number of para-hydroxylation sites is 1. The zero-order chi connectivity index (χ0) is 9.14. The Hall–Kier alpha value is -1.29. The van der Waals surface area contributed by atoms with Gasteiger partial charge in [0.25, 0.3) is 0 Å². The van der Waals surface area contributed by atoms with Crippen molar-refractivity contribution < 1.29 is 14.3 Å². The van der Waals surface area contributed by atoms with Gasteiger partial charge in [0.15, 0.2) is 0 Å². The fourth-order valence-corrected chi connectivity index (χ4v) is 0.990. The third-order valence-electron chi connectivity index (χ3n) is 1.34. The van der Waals surface area contributed by atoms with Gasteiger partial charge in [-0.3, -0.25) is 4.84 Å². The van der Waals surface area contributed by atoms with E-state index in [1.165, 1.54) is 12.1 Å². The predicted octanol–water partition coefficient (Wildman–Crippen LogP) is 2.09. The summed E-state index contributed by atoms with van der Waals surface area (Å²) in [6, 6.07) is 3.68. The number of aromatic carboxylic acids is 1. The van der Waals surface area contributed by atoms with Gasteiger partial charge in [-0.05, 0) is 12.1 Å². The number of carboxylic acid groups (broad SMARTS) is 1. The maximum absolute atomic E-state index is 12.8. The standard InChI is InChI=1S/C7H5ClFNO2/c8-10-6-4(7(11)12)2-1-3-5(6)9/h1-3,10H,(H,11,12). The van der Waals surface area contributed by atoms with Gasteiger partial charge in [0.05, 0.1) is 11.3 Å². The Morgan fingerprint density at radius 2 is 2.25 bits per heavy atom. The molecule has 0 radical (unpaired) electrons. The van der Waals surface area contributed by atoms with Gasteiger partial charge in [0.1, 0.15) is 5.82 Å². The first kappa shape index (κ1) is 8.80. The van der Waals surface area contributed by atoms with E-state index in [-0.39, 0.29) is 11.3 Å². The number of hydrogen-bond donors (Lipinski definition) is 2. The van der Waals surface area contributed by atoms with Gasteiger partial charge in [0, 0.05) is 11.8 Å². The molecule has 3 nitrogen and oxygen atoms in total. The Morgan fingerprint density at radius 1 is 1.58 bits per heavy atom. The summed E-state index contributed by atoms with van der Waals surface area (Å²) >= 11 is 5.13. The van der Waals surface area contributed by atoms with Crippen LogP contribution in [0, 0.1) is 5.82 Å². The average molecular weight is 190 g/mol. The second-order valence-electron chi connectivity index (χ2n) is 2.06. The van der Waals surface area contributed by atoms with Crippen molar-refractivity contribution >= 4 is 23.4 Å². The molecule has 2 N–H and O–H groups in total. The lowest BCUT2D eigenvalue weighted by Crippen LogP contribution is -2.01. The van der Waals surface area contributed by atoms with Crippen LogP contribution in [0.1, 0.15) is 10.4 Å². The Balaban J connectivity index is 3.27. The highest BCUT2D eigenvalue weighted by molar-refractivity contribution is 6.25. The second kappa shape index (κ2) is 3.40. The van der Waals surface area contributed by atoms with Crippen LogP contribution in [0.25, 0.3) is 0 Å². The van der Waals surface area contributed by atoms with Crippen molar-refractivity contribution in [3.05, 3.63) is 29.6 Å². The highest BCUT2D eigenvalue weighted by Crippen LogP contribution is 2.20. The van der Waals surface area contributed by atoms with Crippen LogP contribution < -0.4 is 4.84 Å². The number of benzene rings is 1. The number of carbonyl (C=O) groups is 1. The van der Waals surface area contributed by atoms with E-state index in [9.17, 15) is 9.18 Å². The largest absolute Gasteiger partial charge is 0.478 e. The second-order valence-corrected chi connectivity index (χ2v) is 2.25. The molecule has 0 aromatic heterocycles. The minimum absolute atomic E-state index is 0.190. The van der Waals surface area contributed by atoms with E-state index in [1.54, 1.807) is 0 Å². The molecule has 0 amide bonds. The lowest BCUT2D eigenvalue weighted by Gasteiger charge is -2.03. The molecule has 0 atom stereocenters. The maximum Gasteiger partial charge on any atom is 0.337 e. The molecule has 0 fully saturated rings. The van der Waals surface area contributed by atoms with Crippen LogP contribution in [0.5, 0.6) is 0 Å². The molecule has 5 heteroatoms. The first-order valence-corrected chi connectivity index (χ1v) is 3.43. The van der Waals surface area contributed by atoms with Crippen LogP contribution in [0.4, 0.5) is 10.1 Å². The summed E-state index contributed by atoms with van der Waals surface area (Å²) in [5, 5.41) is 8.56. The molecule has 0 aliphatic carbocycles. The van der Waals surface area contributed by atoms with Crippen LogP contribution in [0.15, 0.2) is 18.2 Å². The van der Waals surface area contributed by atoms with Crippen molar-refractivity contribution in [2.24, 2.45) is 0 Å². The molecular weight excluding hydrogens is 185 g/mol. The van der Waals surface area contributed by atoms with E-state index in [2.05, 4.69) is 0 Å². The molecule has 0 spiro atoms. The molecule has 1 aromatic carbocycles. The normalized spacial score (nSPS) is 9.50. The maximum atomic E-state index is 12.8. The fraction of sp³-hybridized carbons (Fsp3) is 0. The monoisotopic (exact) mass is 189 g/mol. The SMILES string of the molecule is O=C(O)c1cccc(F)c1NCl. The van der Waals surface area contributed by atoms with Gasteiger partial charge in [-0.15, -0.1) is 0 Å². The van der Waals surface area contributed by atoms with Crippen LogP contribution >= 0.6 is 11.8 Å². The Labute approximate surface area is 72.9 Å². The number of hydrogen-bond acceptors (Lipinski definition) is 2. The molecule has 0 aliphatic heterocycles. The zero-order valence-electron chi connectivity index (χ0n) is 5.84. The van der Waals surface area contributed by atoms with Crippen molar-refractivity contribution in [2.45, 2.75) is 0 Å². The summed E-state index contributed by atoms with van der Waals surface area (Å²) < 4.78 is 12.8. The quantitative estimate of drug-likeness (QED) is 0.701. The number of halogens is 2. The molecule has 1 rings (SSSR count). The van der Waals surface area contributed by atoms with E-state index in [1.807, 2.05) is 4.84 Å². The number of nitrogens with one attached hydrogen (secondary N) is 1. The molecule has 1 aromatic rings. The highest BCUT2D eigenvalue weighted by Gasteiger charge is 2.12. The molecule has 0 heterocycles. The average Bonchev–Trinajstić information content (AvgIpc) is 2.03. The minimum Gasteiger partial charge on any atom is -0.478 e. The van der Waals surface area contributed by atoms with Gasteiger partial charge in [0.2, 0.25) is 0 Å². The summed E-state index contributed by atoms with van der Waals surface area (Å²) in [7, 11) is 0. The first-order chi connectivity index (χ1) is 5.66. The molecule has 0 saturated heterocycles. The Morgan fingerprint density at radius 3 is 2.67 bits per heavy atom. The van der Waals surface area contributed by atoms with E-state index in [0.717, 1.165) is 6.07 Å². The minimum atomic E-state index is -1.22. The van der Waals surface area contributed by atoms with Crippen LogP contribution in [0.3, 0.4) is 0 Å². The Bertz CT molecular complexity index is 316.